The summed E-state index contributed by atoms with van der Waals surface area (Å²) in [6.45, 7) is 1.86. The molecule has 8 heteroatoms. The number of allylic oxidation sites excluding steroid dienone is 1. The fourth-order valence-corrected chi connectivity index (χ4v) is 4.21. The first-order valence-corrected chi connectivity index (χ1v) is 9.42. The number of hydrogen-bond donors (Lipinski definition) is 0. The first-order valence-electron chi connectivity index (χ1n) is 7.94. The minimum Gasteiger partial charge on any atom is -0.493 e. The molecule has 0 fully saturated rings. The van der Waals surface area contributed by atoms with Crippen molar-refractivity contribution in [1.82, 2.24) is 0 Å². The highest BCUT2D eigenvalue weighted by molar-refractivity contribution is 7.95. The number of methoxy groups -OCH3 is 3. The van der Waals surface area contributed by atoms with Gasteiger partial charge in [0.25, 0.3) is 0 Å². The zero-order valence-corrected chi connectivity index (χ0v) is 16.1. The van der Waals surface area contributed by atoms with Crippen molar-refractivity contribution in [2.45, 2.75) is 11.8 Å². The molecule has 0 unspecified atom stereocenters. The van der Waals surface area contributed by atoms with Crippen molar-refractivity contribution in [1.29, 1.82) is 5.26 Å². The van der Waals surface area contributed by atoms with Crippen molar-refractivity contribution >= 4 is 21.2 Å². The maximum Gasteiger partial charge on any atom is 0.220 e. The molecule has 27 heavy (non-hydrogen) atoms. The number of sulfone groups is 1. The first-order chi connectivity index (χ1) is 12.9. The van der Waals surface area contributed by atoms with Crippen LogP contribution in [-0.4, -0.2) is 29.7 Å². The Morgan fingerprint density at radius 3 is 2.15 bits per heavy atom. The summed E-state index contributed by atoms with van der Waals surface area (Å²) < 4.78 is 41.5. The van der Waals surface area contributed by atoms with E-state index in [1.807, 2.05) is 6.92 Å². The topological polar surface area (TPSA) is 88.9 Å². The molecule has 0 aromatic heterocycles. The summed E-state index contributed by atoms with van der Waals surface area (Å²) in [6, 6.07) is 10.1. The van der Waals surface area contributed by atoms with Crippen LogP contribution in [0.5, 0.6) is 17.2 Å². The van der Waals surface area contributed by atoms with Gasteiger partial charge in [-0.15, -0.1) is 0 Å². The molecule has 0 N–H and O–H groups in total. The Bertz CT molecular complexity index is 1060. The van der Waals surface area contributed by atoms with Crippen LogP contribution in [0.4, 0.5) is 11.4 Å². The van der Waals surface area contributed by atoms with Gasteiger partial charge in [0.2, 0.25) is 15.6 Å². The number of anilines is 2. The van der Waals surface area contributed by atoms with Crippen molar-refractivity contribution in [2.24, 2.45) is 0 Å². The highest BCUT2D eigenvalue weighted by atomic mass is 32.2. The maximum absolute atomic E-state index is 12.7. The van der Waals surface area contributed by atoms with Gasteiger partial charge in [0.1, 0.15) is 6.07 Å². The zero-order chi connectivity index (χ0) is 19.8. The molecule has 1 aliphatic rings. The number of ether oxygens (including phenoxy) is 3. The third-order valence-corrected chi connectivity index (χ3v) is 5.94. The van der Waals surface area contributed by atoms with Crippen LogP contribution in [0, 0.1) is 18.3 Å². The Morgan fingerprint density at radius 2 is 1.63 bits per heavy atom. The third kappa shape index (κ3) is 2.96. The van der Waals surface area contributed by atoms with Crippen molar-refractivity contribution in [3.63, 3.8) is 0 Å². The SMILES string of the molecule is COc1cc(N2C=C(C#N)S(=O)(=O)c3ccc(C)cc32)cc(OC)c1OC. The Morgan fingerprint density at radius 1 is 1.00 bits per heavy atom. The van der Waals surface area contributed by atoms with E-state index in [2.05, 4.69) is 0 Å². The predicted octanol–water partition coefficient (Wildman–Crippen LogP) is 3.31. The monoisotopic (exact) mass is 386 g/mol. The minimum atomic E-state index is -3.86. The summed E-state index contributed by atoms with van der Waals surface area (Å²) in [5.74, 6) is 1.25. The summed E-state index contributed by atoms with van der Waals surface area (Å²) in [5.41, 5.74) is 1.90. The average Bonchev–Trinajstić information content (AvgIpc) is 2.66. The summed E-state index contributed by atoms with van der Waals surface area (Å²) in [4.78, 5) is 1.36. The smallest absolute Gasteiger partial charge is 0.220 e. The number of fused-ring (bicyclic) bond motifs is 1. The molecular formula is C19H18N2O5S. The van der Waals surface area contributed by atoms with Crippen molar-refractivity contribution in [2.75, 3.05) is 26.2 Å². The van der Waals surface area contributed by atoms with Gasteiger partial charge in [-0.1, -0.05) is 6.07 Å². The largest absolute Gasteiger partial charge is 0.493 e. The fourth-order valence-electron chi connectivity index (χ4n) is 2.93. The summed E-state index contributed by atoms with van der Waals surface area (Å²) in [7, 11) is 0.629. The van der Waals surface area contributed by atoms with Gasteiger partial charge in [-0.3, -0.25) is 0 Å². The Balaban J connectivity index is 2.32. The molecule has 140 valence electrons. The number of benzene rings is 2. The lowest BCUT2D eigenvalue weighted by Crippen LogP contribution is -2.21. The lowest BCUT2D eigenvalue weighted by molar-refractivity contribution is 0.324. The van der Waals surface area contributed by atoms with Gasteiger partial charge in [-0.25, -0.2) is 8.42 Å². The highest BCUT2D eigenvalue weighted by Crippen LogP contribution is 2.45. The number of aryl methyl sites for hydroxylation is 1. The van der Waals surface area contributed by atoms with E-state index in [-0.39, 0.29) is 9.80 Å². The Labute approximate surface area is 157 Å². The van der Waals surface area contributed by atoms with Gasteiger partial charge in [-0.05, 0) is 24.6 Å². The van der Waals surface area contributed by atoms with Crippen molar-refractivity contribution in [3.05, 3.63) is 47.0 Å². The van der Waals surface area contributed by atoms with Crippen LogP contribution in [0.1, 0.15) is 5.56 Å². The van der Waals surface area contributed by atoms with Crippen LogP contribution in [0.25, 0.3) is 0 Å². The molecule has 2 aromatic rings. The molecule has 0 atom stereocenters. The van der Waals surface area contributed by atoms with E-state index in [9.17, 15) is 13.7 Å². The molecule has 0 aliphatic carbocycles. The van der Waals surface area contributed by atoms with Crippen LogP contribution >= 0.6 is 0 Å². The quantitative estimate of drug-likeness (QED) is 0.796. The number of rotatable bonds is 4. The van der Waals surface area contributed by atoms with Crippen LogP contribution in [-0.2, 0) is 9.84 Å². The summed E-state index contributed by atoms with van der Waals surface area (Å²) >= 11 is 0. The second-order valence-electron chi connectivity index (χ2n) is 5.83. The van der Waals surface area contributed by atoms with Gasteiger partial charge in [-0.2, -0.15) is 5.26 Å². The molecule has 7 nitrogen and oxygen atoms in total. The van der Waals surface area contributed by atoms with Crippen LogP contribution in [0.15, 0.2) is 46.3 Å². The fraction of sp³-hybridized carbons (Fsp3) is 0.211. The number of nitriles is 1. The van der Waals surface area contributed by atoms with Gasteiger partial charge in [0.15, 0.2) is 16.4 Å². The van der Waals surface area contributed by atoms with Gasteiger partial charge >= 0.3 is 0 Å². The molecule has 1 aliphatic heterocycles. The van der Waals surface area contributed by atoms with Crippen LogP contribution in [0.3, 0.4) is 0 Å². The molecule has 0 radical (unpaired) electrons. The van der Waals surface area contributed by atoms with E-state index < -0.39 is 9.84 Å². The summed E-state index contributed by atoms with van der Waals surface area (Å²) in [6.07, 6.45) is 1.30. The molecule has 0 saturated carbocycles. The second kappa shape index (κ2) is 6.85. The minimum absolute atomic E-state index is 0.0703. The molecule has 0 spiro atoms. The van der Waals surface area contributed by atoms with E-state index >= 15 is 0 Å². The van der Waals surface area contributed by atoms with Gasteiger partial charge in [0.05, 0.1) is 37.6 Å². The average molecular weight is 386 g/mol. The predicted molar refractivity (Wildman–Crippen MR) is 100 cm³/mol. The number of hydrogen-bond acceptors (Lipinski definition) is 7. The van der Waals surface area contributed by atoms with E-state index in [0.29, 0.717) is 28.6 Å². The summed E-state index contributed by atoms with van der Waals surface area (Å²) in [5, 5.41) is 9.36. The Hall–Kier alpha value is -3.18. The van der Waals surface area contributed by atoms with E-state index in [4.69, 9.17) is 14.2 Å². The van der Waals surface area contributed by atoms with E-state index in [0.717, 1.165) is 5.56 Å². The number of nitrogens with zero attached hydrogens (tertiary/aromatic N) is 2. The zero-order valence-electron chi connectivity index (χ0n) is 15.3. The maximum atomic E-state index is 12.7. The van der Waals surface area contributed by atoms with Gasteiger partial charge in [0, 0.05) is 18.3 Å². The lowest BCUT2D eigenvalue weighted by atomic mass is 10.1. The molecule has 0 amide bonds. The molecule has 2 aromatic carbocycles. The molecule has 1 heterocycles. The van der Waals surface area contributed by atoms with Crippen molar-refractivity contribution < 1.29 is 22.6 Å². The highest BCUT2D eigenvalue weighted by Gasteiger charge is 2.32. The lowest BCUT2D eigenvalue weighted by Gasteiger charge is -2.28. The van der Waals surface area contributed by atoms with Crippen LogP contribution in [0.2, 0.25) is 0 Å². The third-order valence-electron chi connectivity index (χ3n) is 4.24. The normalized spacial score (nSPS) is 14.6. The molecule has 0 bridgehead atoms. The first kappa shape index (κ1) is 18.6. The molecule has 3 rings (SSSR count). The Kier molecular flexibility index (Phi) is 4.72. The molecule has 0 saturated heterocycles. The van der Waals surface area contributed by atoms with E-state index in [1.165, 1.54) is 33.6 Å². The standard InChI is InChI=1S/C19H18N2O5S/c1-12-5-6-18-15(7-12)21(11-14(10-20)27(18,22)23)13-8-16(24-2)19(26-4)17(9-13)25-3/h5-9,11H,1-4H3. The van der Waals surface area contributed by atoms with Crippen molar-refractivity contribution in [3.8, 4) is 23.3 Å². The second-order valence-corrected chi connectivity index (χ2v) is 7.72. The van der Waals surface area contributed by atoms with Crippen LogP contribution < -0.4 is 19.1 Å². The van der Waals surface area contributed by atoms with E-state index in [1.54, 1.807) is 35.2 Å². The molecular weight excluding hydrogens is 368 g/mol. The van der Waals surface area contributed by atoms with Gasteiger partial charge < -0.3 is 19.1 Å².